The van der Waals surface area contributed by atoms with Crippen LogP contribution in [0.25, 0.3) is 0 Å². The molecule has 3 aromatic carbocycles. The minimum absolute atomic E-state index is 0.0651. The van der Waals surface area contributed by atoms with Crippen molar-refractivity contribution in [1.82, 2.24) is 0 Å². The quantitative estimate of drug-likeness (QED) is 0.604. The lowest BCUT2D eigenvalue weighted by atomic mass is 10.2. The van der Waals surface area contributed by atoms with Crippen molar-refractivity contribution in [1.29, 1.82) is 0 Å². The second-order valence-corrected chi connectivity index (χ2v) is 5.92. The van der Waals surface area contributed by atoms with E-state index in [-0.39, 0.29) is 18.5 Å². The van der Waals surface area contributed by atoms with Gasteiger partial charge in [-0.1, -0.05) is 24.3 Å². The summed E-state index contributed by atoms with van der Waals surface area (Å²) in [5.41, 5.74) is 2.71. The van der Waals surface area contributed by atoms with Crippen LogP contribution in [0.15, 0.2) is 78.9 Å². The molecule has 0 unspecified atom stereocenters. The fourth-order valence-corrected chi connectivity index (χ4v) is 2.51. The van der Waals surface area contributed by atoms with Crippen LogP contribution in [-0.4, -0.2) is 25.6 Å². The van der Waals surface area contributed by atoms with Gasteiger partial charge in [0.25, 0.3) is 5.91 Å². The van der Waals surface area contributed by atoms with Crippen molar-refractivity contribution in [2.24, 2.45) is 0 Å². The highest BCUT2D eigenvalue weighted by molar-refractivity contribution is 5.92. The molecule has 0 aliphatic carbocycles. The Morgan fingerprint density at radius 1 is 0.821 bits per heavy atom. The SMILES string of the molecule is COC(=O)c1cccc(Nc2ccc(NC(=O)COc3ccccc3)cc2)c1. The summed E-state index contributed by atoms with van der Waals surface area (Å²) in [4.78, 5) is 23.6. The van der Waals surface area contributed by atoms with Crippen molar-refractivity contribution in [3.05, 3.63) is 84.4 Å². The molecule has 0 radical (unpaired) electrons. The summed E-state index contributed by atoms with van der Waals surface area (Å²) < 4.78 is 10.1. The van der Waals surface area contributed by atoms with E-state index in [0.29, 0.717) is 17.0 Å². The van der Waals surface area contributed by atoms with Gasteiger partial charge in [0.2, 0.25) is 0 Å². The molecule has 2 N–H and O–H groups in total. The highest BCUT2D eigenvalue weighted by atomic mass is 16.5. The van der Waals surface area contributed by atoms with Crippen LogP contribution < -0.4 is 15.4 Å². The van der Waals surface area contributed by atoms with Gasteiger partial charge in [-0.25, -0.2) is 4.79 Å². The highest BCUT2D eigenvalue weighted by Crippen LogP contribution is 2.20. The van der Waals surface area contributed by atoms with Crippen LogP contribution >= 0.6 is 0 Å². The molecule has 1 amide bonds. The molecule has 6 nitrogen and oxygen atoms in total. The molecule has 0 fully saturated rings. The second kappa shape index (κ2) is 9.23. The van der Waals surface area contributed by atoms with Gasteiger partial charge in [-0.3, -0.25) is 4.79 Å². The first-order valence-electron chi connectivity index (χ1n) is 8.67. The number of carbonyl (C=O) groups is 2. The highest BCUT2D eigenvalue weighted by Gasteiger charge is 2.06. The van der Waals surface area contributed by atoms with Gasteiger partial charge in [-0.05, 0) is 54.6 Å². The molecular weight excluding hydrogens is 356 g/mol. The smallest absolute Gasteiger partial charge is 0.337 e. The average molecular weight is 376 g/mol. The normalized spacial score (nSPS) is 10.0. The first-order valence-corrected chi connectivity index (χ1v) is 8.67. The van der Waals surface area contributed by atoms with Gasteiger partial charge in [-0.2, -0.15) is 0 Å². The van der Waals surface area contributed by atoms with E-state index in [1.54, 1.807) is 42.5 Å². The van der Waals surface area contributed by atoms with Crippen LogP contribution in [0.2, 0.25) is 0 Å². The van der Waals surface area contributed by atoms with E-state index in [0.717, 1.165) is 11.4 Å². The van der Waals surface area contributed by atoms with Crippen molar-refractivity contribution in [2.75, 3.05) is 24.4 Å². The van der Waals surface area contributed by atoms with E-state index in [1.807, 2.05) is 36.4 Å². The van der Waals surface area contributed by atoms with Gasteiger partial charge in [0.1, 0.15) is 5.75 Å². The first kappa shape index (κ1) is 19.0. The van der Waals surface area contributed by atoms with Crippen LogP contribution in [0.4, 0.5) is 17.1 Å². The number of carbonyl (C=O) groups excluding carboxylic acids is 2. The minimum atomic E-state index is -0.389. The van der Waals surface area contributed by atoms with Crippen molar-refractivity contribution < 1.29 is 19.1 Å². The van der Waals surface area contributed by atoms with Gasteiger partial charge in [-0.15, -0.1) is 0 Å². The summed E-state index contributed by atoms with van der Waals surface area (Å²) in [6, 6.07) is 23.4. The maximum Gasteiger partial charge on any atom is 0.337 e. The maximum atomic E-state index is 12.0. The summed E-state index contributed by atoms with van der Waals surface area (Å²) in [5.74, 6) is 0.0150. The van der Waals surface area contributed by atoms with E-state index in [2.05, 4.69) is 10.6 Å². The number of esters is 1. The van der Waals surface area contributed by atoms with Crippen LogP contribution in [0.1, 0.15) is 10.4 Å². The molecule has 3 rings (SSSR count). The molecule has 3 aromatic rings. The third-order valence-corrected chi connectivity index (χ3v) is 3.85. The summed E-state index contributed by atoms with van der Waals surface area (Å²) in [6.45, 7) is -0.0651. The fraction of sp³-hybridized carbons (Fsp3) is 0.0909. The zero-order chi connectivity index (χ0) is 19.8. The van der Waals surface area contributed by atoms with Crippen LogP contribution in [-0.2, 0) is 9.53 Å². The summed E-state index contributed by atoms with van der Waals surface area (Å²) in [7, 11) is 1.35. The van der Waals surface area contributed by atoms with Crippen molar-refractivity contribution >= 4 is 28.9 Å². The number of methoxy groups -OCH3 is 1. The standard InChI is InChI=1S/C22H20N2O4/c1-27-22(26)16-6-5-7-19(14-16)23-17-10-12-18(13-11-17)24-21(25)15-28-20-8-3-2-4-9-20/h2-14,23H,15H2,1H3,(H,24,25). The monoisotopic (exact) mass is 376 g/mol. The lowest BCUT2D eigenvalue weighted by Gasteiger charge is -2.10. The lowest BCUT2D eigenvalue weighted by molar-refractivity contribution is -0.118. The van der Waals surface area contributed by atoms with Crippen LogP contribution in [0.5, 0.6) is 5.75 Å². The summed E-state index contributed by atoms with van der Waals surface area (Å²) in [5, 5.41) is 5.99. The molecule has 0 bridgehead atoms. The predicted molar refractivity (Wildman–Crippen MR) is 108 cm³/mol. The molecule has 0 atom stereocenters. The lowest BCUT2D eigenvalue weighted by Crippen LogP contribution is -2.20. The zero-order valence-electron chi connectivity index (χ0n) is 15.3. The molecule has 0 saturated heterocycles. The molecule has 0 aliphatic heterocycles. The Labute approximate surface area is 163 Å². The van der Waals surface area contributed by atoms with E-state index >= 15 is 0 Å². The van der Waals surface area contributed by atoms with Gasteiger partial charge in [0.05, 0.1) is 12.7 Å². The second-order valence-electron chi connectivity index (χ2n) is 5.92. The summed E-state index contributed by atoms with van der Waals surface area (Å²) in [6.07, 6.45) is 0. The van der Waals surface area contributed by atoms with E-state index in [1.165, 1.54) is 7.11 Å². The number of nitrogens with one attached hydrogen (secondary N) is 2. The van der Waals surface area contributed by atoms with Gasteiger partial charge in [0.15, 0.2) is 6.61 Å². The number of rotatable bonds is 7. The van der Waals surface area contributed by atoms with Crippen molar-refractivity contribution in [3.63, 3.8) is 0 Å². The number of para-hydroxylation sites is 1. The van der Waals surface area contributed by atoms with E-state index < -0.39 is 0 Å². The molecule has 0 heterocycles. The van der Waals surface area contributed by atoms with E-state index in [9.17, 15) is 9.59 Å². The first-order chi connectivity index (χ1) is 13.6. The van der Waals surface area contributed by atoms with Gasteiger partial charge >= 0.3 is 5.97 Å². The van der Waals surface area contributed by atoms with Crippen molar-refractivity contribution in [2.45, 2.75) is 0 Å². The van der Waals surface area contributed by atoms with Crippen molar-refractivity contribution in [3.8, 4) is 5.75 Å². The molecule has 6 heteroatoms. The number of hydrogen-bond acceptors (Lipinski definition) is 5. The minimum Gasteiger partial charge on any atom is -0.484 e. The Bertz CT molecular complexity index is 940. The summed E-state index contributed by atoms with van der Waals surface area (Å²) >= 11 is 0. The average Bonchev–Trinajstić information content (AvgIpc) is 2.74. The van der Waals surface area contributed by atoms with Gasteiger partial charge < -0.3 is 20.1 Å². The Kier molecular flexibility index (Phi) is 6.25. The topological polar surface area (TPSA) is 76.7 Å². The van der Waals surface area contributed by atoms with Gasteiger partial charge in [0, 0.05) is 17.1 Å². The van der Waals surface area contributed by atoms with Crippen LogP contribution in [0.3, 0.4) is 0 Å². The third-order valence-electron chi connectivity index (χ3n) is 3.85. The third kappa shape index (κ3) is 5.35. The Hall–Kier alpha value is -3.80. The number of benzene rings is 3. The Morgan fingerprint density at radius 3 is 2.25 bits per heavy atom. The Balaban J connectivity index is 1.55. The molecular formula is C22H20N2O4. The maximum absolute atomic E-state index is 12.0. The molecule has 142 valence electrons. The molecule has 28 heavy (non-hydrogen) atoms. The molecule has 0 aromatic heterocycles. The van der Waals surface area contributed by atoms with E-state index in [4.69, 9.17) is 9.47 Å². The number of hydrogen-bond donors (Lipinski definition) is 2. The number of ether oxygens (including phenoxy) is 2. The molecule has 0 saturated carbocycles. The number of anilines is 3. The zero-order valence-corrected chi connectivity index (χ0v) is 15.3. The van der Waals surface area contributed by atoms with Crippen LogP contribution in [0, 0.1) is 0 Å². The Morgan fingerprint density at radius 2 is 1.54 bits per heavy atom. The molecule has 0 spiro atoms. The number of amides is 1. The largest absolute Gasteiger partial charge is 0.484 e. The fourth-order valence-electron chi connectivity index (χ4n) is 2.51. The predicted octanol–water partition coefficient (Wildman–Crippen LogP) is 4.23. The molecule has 0 aliphatic rings.